The van der Waals surface area contributed by atoms with Crippen LogP contribution in [0.25, 0.3) is 0 Å². The lowest BCUT2D eigenvalue weighted by atomic mass is 10.1. The number of H-pyrrole nitrogens is 1. The lowest BCUT2D eigenvalue weighted by Gasteiger charge is -2.08. The molecule has 0 fully saturated rings. The van der Waals surface area contributed by atoms with E-state index in [9.17, 15) is 4.79 Å². The fraction of sp³-hybridized carbons (Fsp3) is 0.600. The van der Waals surface area contributed by atoms with Gasteiger partial charge in [-0.15, -0.1) is 0 Å². The Morgan fingerprint density at radius 1 is 1.73 bits per heavy atom. The third-order valence-electron chi connectivity index (χ3n) is 2.35. The molecule has 1 aromatic rings. The van der Waals surface area contributed by atoms with Crippen molar-refractivity contribution in [3.63, 3.8) is 0 Å². The van der Waals surface area contributed by atoms with E-state index in [0.29, 0.717) is 19.5 Å². The van der Waals surface area contributed by atoms with Crippen molar-refractivity contribution in [1.82, 2.24) is 15.5 Å². The van der Waals surface area contributed by atoms with Crippen molar-refractivity contribution >= 4 is 5.91 Å². The number of nitrogens with two attached hydrogens (primary N) is 1. The number of carbonyl (C=O) groups is 1. The average molecular weight is 210 g/mol. The van der Waals surface area contributed by atoms with Crippen LogP contribution in [0, 0.1) is 12.8 Å². The maximum Gasteiger partial charge on any atom is 0.220 e. The Kier molecular flexibility index (Phi) is 4.30. The third-order valence-corrected chi connectivity index (χ3v) is 2.35. The third kappa shape index (κ3) is 3.71. The van der Waals surface area contributed by atoms with Crippen LogP contribution in [-0.4, -0.2) is 22.6 Å². The Bertz CT molecular complexity index is 321. The highest BCUT2D eigenvalue weighted by molar-refractivity contribution is 5.76. The molecule has 1 heterocycles. The smallest absolute Gasteiger partial charge is 0.220 e. The summed E-state index contributed by atoms with van der Waals surface area (Å²) in [6, 6.07) is 0. The molecule has 4 N–H and O–H groups in total. The Morgan fingerprint density at radius 3 is 3.00 bits per heavy atom. The van der Waals surface area contributed by atoms with E-state index in [0.717, 1.165) is 11.3 Å². The zero-order chi connectivity index (χ0) is 11.3. The number of nitrogens with one attached hydrogen (secondary N) is 2. The van der Waals surface area contributed by atoms with E-state index in [1.165, 1.54) is 0 Å². The molecule has 0 aromatic carbocycles. The van der Waals surface area contributed by atoms with Gasteiger partial charge in [0.1, 0.15) is 0 Å². The first-order valence-corrected chi connectivity index (χ1v) is 5.09. The lowest BCUT2D eigenvalue weighted by molar-refractivity contribution is -0.122. The fourth-order valence-corrected chi connectivity index (χ4v) is 1.22. The van der Waals surface area contributed by atoms with E-state index in [4.69, 9.17) is 5.73 Å². The van der Waals surface area contributed by atoms with Crippen molar-refractivity contribution in [3.05, 3.63) is 17.5 Å². The zero-order valence-electron chi connectivity index (χ0n) is 9.21. The largest absolute Gasteiger partial charge is 0.352 e. The number of amides is 1. The predicted octanol–water partition coefficient (Wildman–Crippen LogP) is 0.319. The molecule has 0 radical (unpaired) electrons. The summed E-state index contributed by atoms with van der Waals surface area (Å²) in [5, 5.41) is 9.54. The summed E-state index contributed by atoms with van der Waals surface area (Å²) in [7, 11) is 0. The molecule has 0 bridgehead atoms. The number of rotatable bonds is 5. The first-order chi connectivity index (χ1) is 7.13. The molecule has 0 saturated carbocycles. The van der Waals surface area contributed by atoms with Crippen LogP contribution in [0.5, 0.6) is 0 Å². The maximum atomic E-state index is 11.4. The van der Waals surface area contributed by atoms with Gasteiger partial charge < -0.3 is 11.1 Å². The topological polar surface area (TPSA) is 83.8 Å². The van der Waals surface area contributed by atoms with Crippen LogP contribution in [0.15, 0.2) is 6.20 Å². The first-order valence-electron chi connectivity index (χ1n) is 5.09. The molecule has 1 amide bonds. The minimum atomic E-state index is 0.0357. The Hall–Kier alpha value is -1.36. The molecule has 84 valence electrons. The quantitative estimate of drug-likeness (QED) is 0.654. The second kappa shape index (κ2) is 5.50. The van der Waals surface area contributed by atoms with E-state index in [-0.39, 0.29) is 11.8 Å². The highest BCUT2D eigenvalue weighted by Gasteiger charge is 2.08. The van der Waals surface area contributed by atoms with E-state index in [1.807, 2.05) is 13.8 Å². The number of aromatic nitrogens is 2. The van der Waals surface area contributed by atoms with Gasteiger partial charge in [-0.2, -0.15) is 5.10 Å². The predicted molar refractivity (Wildman–Crippen MR) is 58.0 cm³/mol. The lowest BCUT2D eigenvalue weighted by Crippen LogP contribution is -2.26. The second-order valence-corrected chi connectivity index (χ2v) is 3.84. The number of hydrogen-bond acceptors (Lipinski definition) is 3. The van der Waals surface area contributed by atoms with Gasteiger partial charge in [0.05, 0.1) is 6.20 Å². The van der Waals surface area contributed by atoms with Crippen LogP contribution >= 0.6 is 0 Å². The van der Waals surface area contributed by atoms with Crippen molar-refractivity contribution in [1.29, 1.82) is 0 Å². The summed E-state index contributed by atoms with van der Waals surface area (Å²) in [5.74, 6) is 0.268. The average Bonchev–Trinajstić information content (AvgIpc) is 2.61. The summed E-state index contributed by atoms with van der Waals surface area (Å²) in [5.41, 5.74) is 7.45. The fourth-order valence-electron chi connectivity index (χ4n) is 1.22. The SMILES string of the molecule is Cc1[nH]ncc1CNC(=O)CC(C)CN. The summed E-state index contributed by atoms with van der Waals surface area (Å²) >= 11 is 0. The second-order valence-electron chi connectivity index (χ2n) is 3.84. The molecule has 1 aromatic heterocycles. The summed E-state index contributed by atoms with van der Waals surface area (Å²) in [6.45, 7) is 4.95. The first kappa shape index (κ1) is 11.7. The van der Waals surface area contributed by atoms with Crippen LogP contribution in [-0.2, 0) is 11.3 Å². The number of aryl methyl sites for hydroxylation is 1. The van der Waals surface area contributed by atoms with Gasteiger partial charge >= 0.3 is 0 Å². The molecule has 1 unspecified atom stereocenters. The van der Waals surface area contributed by atoms with Crippen LogP contribution in [0.1, 0.15) is 24.6 Å². The minimum Gasteiger partial charge on any atom is -0.352 e. The maximum absolute atomic E-state index is 11.4. The Labute approximate surface area is 89.4 Å². The standard InChI is InChI=1S/C10H18N4O/c1-7(4-11)3-10(15)12-5-9-6-13-14-8(9)2/h6-7H,3-5,11H2,1-2H3,(H,12,15)(H,13,14). The molecule has 0 aliphatic rings. The van der Waals surface area contributed by atoms with Gasteiger partial charge in [-0.1, -0.05) is 6.92 Å². The van der Waals surface area contributed by atoms with Crippen LogP contribution in [0.2, 0.25) is 0 Å². The molecule has 0 saturated heterocycles. The van der Waals surface area contributed by atoms with Crippen molar-refractivity contribution in [2.45, 2.75) is 26.8 Å². The number of hydrogen-bond donors (Lipinski definition) is 3. The molecule has 1 atom stereocenters. The number of nitrogens with zero attached hydrogens (tertiary/aromatic N) is 1. The molecule has 0 aliphatic heterocycles. The summed E-state index contributed by atoms with van der Waals surface area (Å²) in [4.78, 5) is 11.4. The molecule has 0 aliphatic carbocycles. The van der Waals surface area contributed by atoms with Crippen molar-refractivity contribution in [2.75, 3.05) is 6.54 Å². The van der Waals surface area contributed by atoms with Gasteiger partial charge in [-0.25, -0.2) is 0 Å². The van der Waals surface area contributed by atoms with Gasteiger partial charge in [-0.05, 0) is 19.4 Å². The molecule has 5 nitrogen and oxygen atoms in total. The monoisotopic (exact) mass is 210 g/mol. The molecular weight excluding hydrogens is 192 g/mol. The normalized spacial score (nSPS) is 12.5. The number of aromatic amines is 1. The minimum absolute atomic E-state index is 0.0357. The number of carbonyl (C=O) groups excluding carboxylic acids is 1. The molecule has 1 rings (SSSR count). The summed E-state index contributed by atoms with van der Waals surface area (Å²) < 4.78 is 0. The van der Waals surface area contributed by atoms with Gasteiger partial charge in [0, 0.05) is 24.2 Å². The van der Waals surface area contributed by atoms with Crippen LogP contribution < -0.4 is 11.1 Å². The van der Waals surface area contributed by atoms with Gasteiger partial charge in [0.25, 0.3) is 0 Å². The van der Waals surface area contributed by atoms with Crippen molar-refractivity contribution < 1.29 is 4.79 Å². The van der Waals surface area contributed by atoms with Crippen LogP contribution in [0.4, 0.5) is 0 Å². The Balaban J connectivity index is 2.31. The molecular formula is C10H18N4O. The summed E-state index contributed by atoms with van der Waals surface area (Å²) in [6.07, 6.45) is 2.20. The highest BCUT2D eigenvalue weighted by atomic mass is 16.1. The van der Waals surface area contributed by atoms with Crippen molar-refractivity contribution in [2.24, 2.45) is 11.7 Å². The van der Waals surface area contributed by atoms with Gasteiger partial charge in [0.2, 0.25) is 5.91 Å². The Morgan fingerprint density at radius 2 is 2.47 bits per heavy atom. The van der Waals surface area contributed by atoms with E-state index in [2.05, 4.69) is 15.5 Å². The van der Waals surface area contributed by atoms with Crippen LogP contribution in [0.3, 0.4) is 0 Å². The van der Waals surface area contributed by atoms with Gasteiger partial charge in [0.15, 0.2) is 0 Å². The molecule has 15 heavy (non-hydrogen) atoms. The van der Waals surface area contributed by atoms with Gasteiger partial charge in [-0.3, -0.25) is 9.89 Å². The molecule has 0 spiro atoms. The zero-order valence-corrected chi connectivity index (χ0v) is 9.21. The van der Waals surface area contributed by atoms with E-state index < -0.39 is 0 Å². The van der Waals surface area contributed by atoms with E-state index >= 15 is 0 Å². The highest BCUT2D eigenvalue weighted by Crippen LogP contribution is 2.03. The van der Waals surface area contributed by atoms with E-state index in [1.54, 1.807) is 6.20 Å². The van der Waals surface area contributed by atoms with Crippen molar-refractivity contribution in [3.8, 4) is 0 Å². The molecule has 5 heteroatoms.